The Morgan fingerprint density at radius 1 is 1.26 bits per heavy atom. The molecule has 0 aliphatic rings. The van der Waals surface area contributed by atoms with Crippen molar-refractivity contribution in [3.05, 3.63) is 22.1 Å². The van der Waals surface area contributed by atoms with Crippen LogP contribution in [-0.2, 0) is 20.9 Å². The summed E-state index contributed by atoms with van der Waals surface area (Å²) in [6.07, 6.45) is -1.05. The summed E-state index contributed by atoms with van der Waals surface area (Å²) in [5.74, 6) is -1.98. The highest BCUT2D eigenvalue weighted by molar-refractivity contribution is 5.80. The molecule has 0 unspecified atom stereocenters. The molecule has 1 aromatic rings. The van der Waals surface area contributed by atoms with Gasteiger partial charge in [0.1, 0.15) is 0 Å². The van der Waals surface area contributed by atoms with Crippen LogP contribution in [0.4, 0.5) is 4.79 Å². The van der Waals surface area contributed by atoms with Crippen LogP contribution in [0.2, 0.25) is 0 Å². The number of nitrogens with zero attached hydrogens (tertiary/aromatic N) is 1. The summed E-state index contributed by atoms with van der Waals surface area (Å²) in [4.78, 5) is 45.3. The van der Waals surface area contributed by atoms with E-state index in [0.717, 1.165) is 0 Å². The summed E-state index contributed by atoms with van der Waals surface area (Å²) in [7, 11) is 1.46. The molecule has 0 aliphatic carbocycles. The lowest BCUT2D eigenvalue weighted by atomic mass is 10.3. The number of hydrogen-bond acceptors (Lipinski definition) is 7. The van der Waals surface area contributed by atoms with Gasteiger partial charge in [-0.2, -0.15) is 0 Å². The van der Waals surface area contributed by atoms with Gasteiger partial charge in [0.2, 0.25) is 5.91 Å². The monoisotopic (exact) mass is 330 g/mol. The number of nitrogens with one attached hydrogen (secondary N) is 1. The third-order valence-corrected chi connectivity index (χ3v) is 2.81. The average Bonchev–Trinajstić information content (AvgIpc) is 2.80. The Balaban J connectivity index is 2.26. The number of hydrogen-bond donors (Lipinski definition) is 2. The maximum Gasteiger partial charge on any atom is 0.519 e. The van der Waals surface area contributed by atoms with Gasteiger partial charge in [0.25, 0.3) is 0 Å². The van der Waals surface area contributed by atoms with Crippen molar-refractivity contribution in [1.82, 2.24) is 10.2 Å². The van der Waals surface area contributed by atoms with Gasteiger partial charge in [-0.25, -0.2) is 9.59 Å². The fourth-order valence-corrected chi connectivity index (χ4v) is 1.51. The van der Waals surface area contributed by atoms with Crippen molar-refractivity contribution in [3.63, 3.8) is 0 Å². The molecular weight excluding hydrogens is 312 g/mol. The van der Waals surface area contributed by atoms with Crippen molar-refractivity contribution < 1.29 is 33.1 Å². The molecule has 10 heteroatoms. The van der Waals surface area contributed by atoms with Crippen LogP contribution in [0.5, 0.6) is 0 Å². The van der Waals surface area contributed by atoms with Gasteiger partial charge < -0.3 is 28.9 Å². The first kappa shape index (κ1) is 18.3. The first-order valence-corrected chi connectivity index (χ1v) is 6.75. The zero-order chi connectivity index (χ0) is 17.4. The SMILES string of the molecule is Cc1oc(=O)oc1COC(=O)N(C)CCNC(=O)CCC(=O)O. The largest absolute Gasteiger partial charge is 0.519 e. The van der Waals surface area contributed by atoms with Crippen molar-refractivity contribution in [2.45, 2.75) is 26.4 Å². The summed E-state index contributed by atoms with van der Waals surface area (Å²) in [5, 5.41) is 10.9. The Kier molecular flexibility index (Phi) is 6.84. The normalized spacial score (nSPS) is 10.2. The molecule has 2 amide bonds. The van der Waals surface area contributed by atoms with E-state index >= 15 is 0 Å². The number of rotatable bonds is 8. The number of carboxylic acid groups (broad SMARTS) is 1. The minimum atomic E-state index is -1.05. The van der Waals surface area contributed by atoms with Crippen LogP contribution in [0.3, 0.4) is 0 Å². The van der Waals surface area contributed by atoms with E-state index < -0.39 is 23.8 Å². The highest BCUT2D eigenvalue weighted by atomic mass is 16.6. The van der Waals surface area contributed by atoms with E-state index in [9.17, 15) is 19.2 Å². The van der Waals surface area contributed by atoms with Gasteiger partial charge in [-0.3, -0.25) is 9.59 Å². The molecule has 0 bridgehead atoms. The number of carboxylic acids is 1. The molecule has 0 fully saturated rings. The molecule has 1 heterocycles. The Morgan fingerprint density at radius 3 is 2.52 bits per heavy atom. The van der Waals surface area contributed by atoms with E-state index in [2.05, 4.69) is 14.2 Å². The Morgan fingerprint density at radius 2 is 1.96 bits per heavy atom. The lowest BCUT2D eigenvalue weighted by Gasteiger charge is -2.16. The van der Waals surface area contributed by atoms with Crippen molar-refractivity contribution in [3.8, 4) is 0 Å². The van der Waals surface area contributed by atoms with E-state index in [0.29, 0.717) is 0 Å². The van der Waals surface area contributed by atoms with E-state index in [4.69, 9.17) is 9.84 Å². The zero-order valence-electron chi connectivity index (χ0n) is 12.8. The number of aliphatic carboxylic acids is 1. The predicted octanol–water partition coefficient (Wildman–Crippen LogP) is 0.0906. The third-order valence-electron chi connectivity index (χ3n) is 2.81. The van der Waals surface area contributed by atoms with Gasteiger partial charge in [0.15, 0.2) is 18.1 Å². The summed E-state index contributed by atoms with van der Waals surface area (Å²) in [6, 6.07) is 0. The maximum atomic E-state index is 11.7. The second-order valence-electron chi connectivity index (χ2n) is 4.65. The Hall–Kier alpha value is -2.78. The van der Waals surface area contributed by atoms with Gasteiger partial charge in [-0.1, -0.05) is 0 Å². The highest BCUT2D eigenvalue weighted by Crippen LogP contribution is 2.07. The number of carbonyl (C=O) groups excluding carboxylic acids is 2. The van der Waals surface area contributed by atoms with Crippen molar-refractivity contribution in [1.29, 1.82) is 0 Å². The molecule has 1 aromatic heterocycles. The molecule has 10 nitrogen and oxygen atoms in total. The van der Waals surface area contributed by atoms with Crippen LogP contribution < -0.4 is 11.1 Å². The third kappa shape index (κ3) is 6.68. The number of amides is 2. The smallest absolute Gasteiger partial charge is 0.481 e. The predicted molar refractivity (Wildman–Crippen MR) is 74.7 cm³/mol. The molecule has 1 rings (SSSR count). The molecule has 0 radical (unpaired) electrons. The minimum Gasteiger partial charge on any atom is -0.481 e. The molecule has 23 heavy (non-hydrogen) atoms. The standard InChI is InChI=1S/C13H18N2O8/c1-8-9(23-13(20)22-8)7-21-12(19)15(2)6-5-14-10(16)3-4-11(17)18/h3-7H2,1-2H3,(H,14,16)(H,17,18). The second-order valence-corrected chi connectivity index (χ2v) is 4.65. The van der Waals surface area contributed by atoms with Crippen molar-refractivity contribution in [2.75, 3.05) is 20.1 Å². The van der Waals surface area contributed by atoms with Crippen molar-refractivity contribution >= 4 is 18.0 Å². The molecular formula is C13H18N2O8. The lowest BCUT2D eigenvalue weighted by Crippen LogP contribution is -2.36. The first-order valence-electron chi connectivity index (χ1n) is 6.75. The molecule has 128 valence electrons. The summed E-state index contributed by atoms with van der Waals surface area (Å²) in [5.41, 5.74) is 0. The summed E-state index contributed by atoms with van der Waals surface area (Å²) >= 11 is 0. The van der Waals surface area contributed by atoms with Gasteiger partial charge in [-0.05, 0) is 6.92 Å². The molecule has 0 spiro atoms. The minimum absolute atomic E-state index is 0.123. The molecule has 0 atom stereocenters. The quantitative estimate of drug-likeness (QED) is 0.683. The van der Waals surface area contributed by atoms with Gasteiger partial charge in [0, 0.05) is 26.6 Å². The van der Waals surface area contributed by atoms with E-state index in [1.54, 1.807) is 0 Å². The zero-order valence-corrected chi connectivity index (χ0v) is 12.8. The van der Waals surface area contributed by atoms with Crippen LogP contribution in [0.1, 0.15) is 24.4 Å². The number of carbonyl (C=O) groups is 3. The van der Waals surface area contributed by atoms with Crippen LogP contribution in [0, 0.1) is 6.92 Å². The molecule has 0 aliphatic heterocycles. The van der Waals surface area contributed by atoms with Crippen LogP contribution >= 0.6 is 0 Å². The number of ether oxygens (including phenoxy) is 1. The van der Waals surface area contributed by atoms with Gasteiger partial charge >= 0.3 is 17.9 Å². The fraction of sp³-hybridized carbons (Fsp3) is 0.538. The van der Waals surface area contributed by atoms with Gasteiger partial charge in [-0.15, -0.1) is 0 Å². The summed E-state index contributed by atoms with van der Waals surface area (Å²) in [6.45, 7) is 1.59. The fourth-order valence-electron chi connectivity index (χ4n) is 1.51. The van der Waals surface area contributed by atoms with Crippen LogP contribution in [0.25, 0.3) is 0 Å². The number of aryl methyl sites for hydroxylation is 1. The Labute approximate surface area is 131 Å². The lowest BCUT2D eigenvalue weighted by molar-refractivity contribution is -0.138. The maximum absolute atomic E-state index is 11.7. The average molecular weight is 330 g/mol. The van der Waals surface area contributed by atoms with Gasteiger partial charge in [0.05, 0.1) is 6.42 Å². The highest BCUT2D eigenvalue weighted by Gasteiger charge is 2.14. The van der Waals surface area contributed by atoms with E-state index in [-0.39, 0.29) is 44.1 Å². The van der Waals surface area contributed by atoms with E-state index in [1.165, 1.54) is 18.9 Å². The van der Waals surface area contributed by atoms with Crippen molar-refractivity contribution in [2.24, 2.45) is 0 Å². The molecule has 0 aromatic carbocycles. The molecule has 2 N–H and O–H groups in total. The van der Waals surface area contributed by atoms with E-state index in [1.807, 2.05) is 0 Å². The summed E-state index contributed by atoms with van der Waals surface area (Å²) < 4.78 is 14.2. The first-order chi connectivity index (χ1) is 10.8. The second kappa shape index (κ2) is 8.61. The topological polar surface area (TPSA) is 139 Å². The van der Waals surface area contributed by atoms with Crippen LogP contribution in [0.15, 0.2) is 13.6 Å². The number of likely N-dealkylation sites (N-methyl/N-ethyl adjacent to an activating group) is 1. The van der Waals surface area contributed by atoms with Crippen LogP contribution in [-0.4, -0.2) is 48.1 Å². The molecule has 0 saturated heterocycles. The molecule has 0 saturated carbocycles. The Bertz CT molecular complexity index is 618.